The molecule has 0 spiro atoms. The summed E-state index contributed by atoms with van der Waals surface area (Å²) in [6.45, 7) is 2.76. The summed E-state index contributed by atoms with van der Waals surface area (Å²) in [6.07, 6.45) is 3.35. The first-order valence-electron chi connectivity index (χ1n) is 9.61. The summed E-state index contributed by atoms with van der Waals surface area (Å²) in [7, 11) is 3.19. The zero-order chi connectivity index (χ0) is 22.0. The van der Waals surface area contributed by atoms with Crippen LogP contribution in [0.25, 0.3) is 11.0 Å². The Labute approximate surface area is 180 Å². The van der Waals surface area contributed by atoms with Crippen molar-refractivity contribution < 1.29 is 14.3 Å². The van der Waals surface area contributed by atoms with Gasteiger partial charge in [-0.25, -0.2) is 9.97 Å². The number of anilines is 1. The summed E-state index contributed by atoms with van der Waals surface area (Å²) in [4.78, 5) is 22.2. The van der Waals surface area contributed by atoms with Crippen molar-refractivity contribution in [2.45, 2.75) is 13.0 Å². The van der Waals surface area contributed by atoms with E-state index in [1.165, 1.54) is 6.33 Å². The summed E-state index contributed by atoms with van der Waals surface area (Å²) in [6, 6.07) is 5.53. The minimum atomic E-state index is -0.170. The highest BCUT2D eigenvalue weighted by Crippen LogP contribution is 2.30. The molecular weight excluding hydrogens is 394 g/mol. The average Bonchev–Trinajstić information content (AvgIpc) is 3.10. The first-order valence-corrected chi connectivity index (χ1v) is 9.61. The van der Waals surface area contributed by atoms with E-state index in [0.717, 1.165) is 5.56 Å². The van der Waals surface area contributed by atoms with E-state index in [9.17, 15) is 4.79 Å². The van der Waals surface area contributed by atoms with Gasteiger partial charge in [-0.2, -0.15) is 0 Å². The van der Waals surface area contributed by atoms with Crippen LogP contribution in [0.4, 0.5) is 5.82 Å². The first-order chi connectivity index (χ1) is 15.0. The molecule has 4 rings (SSSR count). The van der Waals surface area contributed by atoms with Gasteiger partial charge in [0.1, 0.15) is 29.3 Å². The van der Waals surface area contributed by atoms with Crippen LogP contribution in [0.5, 0.6) is 11.5 Å². The van der Waals surface area contributed by atoms with E-state index in [1.54, 1.807) is 32.1 Å². The number of fused-ring (bicyclic) bond motifs is 1. The molecule has 2 aromatic heterocycles. The summed E-state index contributed by atoms with van der Waals surface area (Å²) >= 11 is 0. The van der Waals surface area contributed by atoms with E-state index in [2.05, 4.69) is 33.6 Å². The Morgan fingerprint density at radius 3 is 2.48 bits per heavy atom. The number of rotatable bonds is 3. The minimum absolute atomic E-state index is 0.0758. The minimum Gasteiger partial charge on any atom is -0.497 e. The molecule has 1 aliphatic heterocycles. The van der Waals surface area contributed by atoms with Crippen LogP contribution in [-0.2, 0) is 4.79 Å². The van der Waals surface area contributed by atoms with E-state index in [0.29, 0.717) is 47.0 Å². The SMILES string of the molecule is CC#CC(=O)N1CC(n2cc(C#Cc3cc(OC)cc(OC)c3)c3c(N)ncnc32)C1. The largest absolute Gasteiger partial charge is 0.497 e. The summed E-state index contributed by atoms with van der Waals surface area (Å²) in [5.74, 6) is 13.0. The molecule has 0 saturated carbocycles. The summed E-state index contributed by atoms with van der Waals surface area (Å²) in [5.41, 5.74) is 8.30. The smallest absolute Gasteiger partial charge is 0.298 e. The van der Waals surface area contributed by atoms with Gasteiger partial charge in [0.2, 0.25) is 0 Å². The van der Waals surface area contributed by atoms with Gasteiger partial charge < -0.3 is 24.7 Å². The summed E-state index contributed by atoms with van der Waals surface area (Å²) < 4.78 is 12.6. The van der Waals surface area contributed by atoms with Crippen molar-refractivity contribution in [2.24, 2.45) is 0 Å². The van der Waals surface area contributed by atoms with Gasteiger partial charge in [0, 0.05) is 30.9 Å². The lowest BCUT2D eigenvalue weighted by molar-refractivity contribution is -0.130. The number of nitrogen functional groups attached to an aromatic ring is 1. The lowest BCUT2D eigenvalue weighted by atomic mass is 10.1. The lowest BCUT2D eigenvalue weighted by Crippen LogP contribution is -2.50. The van der Waals surface area contributed by atoms with E-state index in [4.69, 9.17) is 15.2 Å². The molecule has 2 N–H and O–H groups in total. The Balaban J connectivity index is 1.70. The van der Waals surface area contributed by atoms with Crippen LogP contribution in [-0.4, -0.2) is 52.7 Å². The molecule has 1 aliphatic rings. The maximum Gasteiger partial charge on any atom is 0.298 e. The number of methoxy groups -OCH3 is 2. The molecule has 3 heterocycles. The van der Waals surface area contributed by atoms with Gasteiger partial charge in [-0.1, -0.05) is 17.8 Å². The number of aromatic nitrogens is 3. The number of likely N-dealkylation sites (tertiary alicyclic amines) is 1. The predicted octanol–water partition coefficient (Wildman–Crippen LogP) is 1.84. The van der Waals surface area contributed by atoms with Gasteiger partial charge >= 0.3 is 0 Å². The molecule has 1 amide bonds. The fourth-order valence-electron chi connectivity index (χ4n) is 3.48. The lowest BCUT2D eigenvalue weighted by Gasteiger charge is -2.38. The Bertz CT molecular complexity index is 1260. The molecule has 0 aliphatic carbocycles. The molecular formula is C23H21N5O3. The zero-order valence-electron chi connectivity index (χ0n) is 17.5. The Morgan fingerprint density at radius 1 is 1.13 bits per heavy atom. The van der Waals surface area contributed by atoms with Crippen molar-refractivity contribution in [2.75, 3.05) is 33.0 Å². The number of carbonyl (C=O) groups is 1. The number of nitrogens with two attached hydrogens (primary N) is 1. The molecule has 1 saturated heterocycles. The van der Waals surface area contributed by atoms with Gasteiger partial charge in [-0.15, -0.1) is 0 Å². The highest BCUT2D eigenvalue weighted by atomic mass is 16.5. The monoisotopic (exact) mass is 415 g/mol. The van der Waals surface area contributed by atoms with Crippen molar-refractivity contribution in [1.29, 1.82) is 0 Å². The zero-order valence-corrected chi connectivity index (χ0v) is 17.5. The highest BCUT2D eigenvalue weighted by Gasteiger charge is 2.32. The Kier molecular flexibility index (Phi) is 5.38. The van der Waals surface area contributed by atoms with Gasteiger partial charge in [-0.05, 0) is 25.0 Å². The molecule has 0 unspecified atom stereocenters. The van der Waals surface area contributed by atoms with Crippen LogP contribution in [0.1, 0.15) is 24.1 Å². The van der Waals surface area contributed by atoms with Crippen LogP contribution in [0, 0.1) is 23.7 Å². The molecule has 3 aromatic rings. The van der Waals surface area contributed by atoms with Crippen molar-refractivity contribution >= 4 is 22.8 Å². The number of amides is 1. The molecule has 0 bridgehead atoms. The summed E-state index contributed by atoms with van der Waals surface area (Å²) in [5, 5.41) is 0.697. The van der Waals surface area contributed by atoms with E-state index >= 15 is 0 Å². The molecule has 31 heavy (non-hydrogen) atoms. The van der Waals surface area contributed by atoms with E-state index in [1.807, 2.05) is 22.9 Å². The molecule has 156 valence electrons. The van der Waals surface area contributed by atoms with Crippen LogP contribution >= 0.6 is 0 Å². The van der Waals surface area contributed by atoms with Crippen LogP contribution in [0.2, 0.25) is 0 Å². The number of benzene rings is 1. The fraction of sp³-hybridized carbons (Fsp3) is 0.261. The van der Waals surface area contributed by atoms with E-state index < -0.39 is 0 Å². The second kappa shape index (κ2) is 8.29. The van der Waals surface area contributed by atoms with Crippen molar-refractivity contribution in [3.8, 4) is 35.2 Å². The van der Waals surface area contributed by atoms with Gasteiger partial charge in [0.25, 0.3) is 5.91 Å². The third-order valence-electron chi connectivity index (χ3n) is 5.11. The number of carbonyl (C=O) groups excluding carboxylic acids is 1. The van der Waals surface area contributed by atoms with Crippen LogP contribution in [0.3, 0.4) is 0 Å². The van der Waals surface area contributed by atoms with Crippen LogP contribution in [0.15, 0.2) is 30.7 Å². The number of hydrogen-bond acceptors (Lipinski definition) is 6. The maximum absolute atomic E-state index is 11.9. The standard InChI is InChI=1S/C23H21N5O3/c1-4-5-20(29)27-12-17(13-27)28-11-16(21-22(24)25-14-26-23(21)28)7-6-15-8-18(30-2)10-19(9-15)31-3/h8-11,14,17H,12-13H2,1-3H3,(H2,24,25,26). The molecule has 1 aromatic carbocycles. The van der Waals surface area contributed by atoms with Crippen molar-refractivity contribution in [1.82, 2.24) is 19.4 Å². The molecule has 8 nitrogen and oxygen atoms in total. The number of nitrogens with zero attached hydrogens (tertiary/aromatic N) is 4. The van der Waals surface area contributed by atoms with Gasteiger partial charge in [0.05, 0.1) is 31.2 Å². The number of ether oxygens (including phenoxy) is 2. The second-order valence-corrected chi connectivity index (χ2v) is 7.00. The molecule has 0 radical (unpaired) electrons. The molecule has 1 fully saturated rings. The van der Waals surface area contributed by atoms with Crippen molar-refractivity contribution in [3.05, 3.63) is 41.9 Å². The average molecular weight is 415 g/mol. The second-order valence-electron chi connectivity index (χ2n) is 7.00. The molecule has 8 heteroatoms. The van der Waals surface area contributed by atoms with Crippen molar-refractivity contribution in [3.63, 3.8) is 0 Å². The quantitative estimate of drug-likeness (QED) is 0.656. The Morgan fingerprint density at radius 2 is 1.84 bits per heavy atom. The third kappa shape index (κ3) is 3.84. The predicted molar refractivity (Wildman–Crippen MR) is 117 cm³/mol. The van der Waals surface area contributed by atoms with Crippen LogP contribution < -0.4 is 15.2 Å². The third-order valence-corrected chi connectivity index (χ3v) is 5.11. The number of hydrogen-bond donors (Lipinski definition) is 1. The highest BCUT2D eigenvalue weighted by molar-refractivity contribution is 5.94. The normalized spacial score (nSPS) is 12.9. The van der Waals surface area contributed by atoms with Gasteiger partial charge in [0.15, 0.2) is 0 Å². The van der Waals surface area contributed by atoms with E-state index in [-0.39, 0.29) is 11.9 Å². The Hall–Kier alpha value is -4.17. The molecule has 0 atom stereocenters. The fourth-order valence-corrected chi connectivity index (χ4v) is 3.48. The topological polar surface area (TPSA) is 95.5 Å². The first kappa shape index (κ1) is 20.1. The van der Waals surface area contributed by atoms with Gasteiger partial charge in [-0.3, -0.25) is 4.79 Å². The maximum atomic E-state index is 11.9.